The van der Waals surface area contributed by atoms with Gasteiger partial charge >= 0.3 is 0 Å². The van der Waals surface area contributed by atoms with E-state index in [0.717, 1.165) is 31.6 Å². The fourth-order valence-corrected chi connectivity index (χ4v) is 2.18. The lowest BCUT2D eigenvalue weighted by Crippen LogP contribution is -2.51. The maximum atomic E-state index is 12.4. The molecule has 0 spiro atoms. The summed E-state index contributed by atoms with van der Waals surface area (Å²) in [6.07, 6.45) is 2.54. The lowest BCUT2D eigenvalue weighted by atomic mass is 10.1. The van der Waals surface area contributed by atoms with E-state index >= 15 is 0 Å². The highest BCUT2D eigenvalue weighted by Gasteiger charge is 2.23. The maximum Gasteiger partial charge on any atom is 0.272 e. The van der Waals surface area contributed by atoms with Gasteiger partial charge in [0.05, 0.1) is 0 Å². The van der Waals surface area contributed by atoms with Gasteiger partial charge < -0.3 is 10.2 Å². The number of aryl methyl sites for hydroxylation is 1. The molecule has 0 aromatic carbocycles. The Labute approximate surface area is 102 Å². The van der Waals surface area contributed by atoms with Gasteiger partial charge in [-0.1, -0.05) is 13.0 Å². The zero-order valence-electron chi connectivity index (χ0n) is 10.4. The number of carbonyl (C=O) groups is 1. The van der Waals surface area contributed by atoms with Crippen LogP contribution in [0.15, 0.2) is 18.3 Å². The Bertz CT molecular complexity index is 405. The van der Waals surface area contributed by atoms with Crippen molar-refractivity contribution >= 4 is 5.91 Å². The summed E-state index contributed by atoms with van der Waals surface area (Å²) in [4.78, 5) is 18.5. The molecule has 2 heterocycles. The van der Waals surface area contributed by atoms with Crippen molar-refractivity contribution in [1.82, 2.24) is 15.2 Å². The normalized spacial score (nSPS) is 20.4. The van der Waals surface area contributed by atoms with E-state index < -0.39 is 0 Å². The van der Waals surface area contributed by atoms with Crippen LogP contribution in [0.3, 0.4) is 0 Å². The number of piperazine rings is 1. The van der Waals surface area contributed by atoms with Crippen LogP contribution in [-0.2, 0) is 6.42 Å². The van der Waals surface area contributed by atoms with Crippen LogP contribution >= 0.6 is 0 Å². The van der Waals surface area contributed by atoms with Gasteiger partial charge in [-0.25, -0.2) is 0 Å². The number of amides is 1. The quantitative estimate of drug-likeness (QED) is 0.831. The van der Waals surface area contributed by atoms with Crippen LogP contribution in [-0.4, -0.2) is 41.5 Å². The van der Waals surface area contributed by atoms with Gasteiger partial charge in [0.1, 0.15) is 5.69 Å². The van der Waals surface area contributed by atoms with Crippen LogP contribution in [0.5, 0.6) is 0 Å². The van der Waals surface area contributed by atoms with Crippen molar-refractivity contribution in [3.8, 4) is 0 Å². The van der Waals surface area contributed by atoms with E-state index in [-0.39, 0.29) is 5.91 Å². The number of nitrogens with zero attached hydrogens (tertiary/aromatic N) is 2. The van der Waals surface area contributed by atoms with Crippen molar-refractivity contribution in [2.24, 2.45) is 0 Å². The Kier molecular flexibility index (Phi) is 3.74. The van der Waals surface area contributed by atoms with Gasteiger partial charge in [-0.15, -0.1) is 0 Å². The first-order valence-electron chi connectivity index (χ1n) is 6.19. The van der Waals surface area contributed by atoms with E-state index in [4.69, 9.17) is 0 Å². The maximum absolute atomic E-state index is 12.4. The molecular formula is C13H19N3O. The summed E-state index contributed by atoms with van der Waals surface area (Å²) >= 11 is 0. The minimum Gasteiger partial charge on any atom is -0.334 e. The standard InChI is InChI=1S/C13H19N3O/c1-3-11-5-4-6-15-12(11)13(17)16-8-7-14-10(2)9-16/h4-6,10,14H,3,7-9H2,1-2H3/t10-/m1/s1. The molecule has 1 saturated heterocycles. The van der Waals surface area contributed by atoms with Crippen LogP contribution < -0.4 is 5.32 Å². The summed E-state index contributed by atoms with van der Waals surface area (Å²) in [5.74, 6) is 0.0656. The van der Waals surface area contributed by atoms with Crippen LogP contribution in [0.1, 0.15) is 29.9 Å². The van der Waals surface area contributed by atoms with Crippen molar-refractivity contribution in [2.45, 2.75) is 26.3 Å². The first-order chi connectivity index (χ1) is 8.22. The number of hydrogen-bond donors (Lipinski definition) is 1. The SMILES string of the molecule is CCc1cccnc1C(=O)N1CCN[C@H](C)C1. The lowest BCUT2D eigenvalue weighted by molar-refractivity contribution is 0.0702. The second kappa shape index (κ2) is 5.27. The molecule has 0 bridgehead atoms. The van der Waals surface area contributed by atoms with Gasteiger partial charge in [0.2, 0.25) is 0 Å². The molecule has 1 aliphatic heterocycles. The third-order valence-electron chi connectivity index (χ3n) is 3.13. The largest absolute Gasteiger partial charge is 0.334 e. The van der Waals surface area contributed by atoms with Gasteiger partial charge in [-0.2, -0.15) is 0 Å². The van der Waals surface area contributed by atoms with Gasteiger partial charge in [-0.3, -0.25) is 9.78 Å². The zero-order chi connectivity index (χ0) is 12.3. The molecule has 0 unspecified atom stereocenters. The summed E-state index contributed by atoms with van der Waals surface area (Å²) in [6, 6.07) is 4.23. The third-order valence-corrected chi connectivity index (χ3v) is 3.13. The molecule has 4 nitrogen and oxygen atoms in total. The summed E-state index contributed by atoms with van der Waals surface area (Å²) < 4.78 is 0. The summed E-state index contributed by atoms with van der Waals surface area (Å²) in [6.45, 7) is 6.54. The molecule has 1 fully saturated rings. The highest BCUT2D eigenvalue weighted by atomic mass is 16.2. The number of hydrogen-bond acceptors (Lipinski definition) is 3. The first kappa shape index (κ1) is 12.0. The first-order valence-corrected chi connectivity index (χ1v) is 6.19. The molecule has 4 heteroatoms. The van der Waals surface area contributed by atoms with Crippen LogP contribution in [0.25, 0.3) is 0 Å². The van der Waals surface area contributed by atoms with E-state index in [1.165, 1.54) is 0 Å². The predicted molar refractivity (Wildman–Crippen MR) is 67.0 cm³/mol. The van der Waals surface area contributed by atoms with E-state index in [9.17, 15) is 4.79 Å². The second-order valence-electron chi connectivity index (χ2n) is 4.47. The van der Waals surface area contributed by atoms with E-state index in [1.807, 2.05) is 24.0 Å². The summed E-state index contributed by atoms with van der Waals surface area (Å²) in [7, 11) is 0. The van der Waals surface area contributed by atoms with Gasteiger partial charge in [-0.05, 0) is 25.0 Å². The molecule has 0 aliphatic carbocycles. The molecule has 17 heavy (non-hydrogen) atoms. The molecule has 2 rings (SSSR count). The second-order valence-corrected chi connectivity index (χ2v) is 4.47. The fourth-order valence-electron chi connectivity index (χ4n) is 2.18. The Morgan fingerprint density at radius 2 is 2.47 bits per heavy atom. The van der Waals surface area contributed by atoms with E-state index in [0.29, 0.717) is 11.7 Å². The van der Waals surface area contributed by atoms with Crippen LogP contribution in [0.4, 0.5) is 0 Å². The highest BCUT2D eigenvalue weighted by Crippen LogP contribution is 2.11. The van der Waals surface area contributed by atoms with Crippen molar-refractivity contribution < 1.29 is 4.79 Å². The zero-order valence-corrected chi connectivity index (χ0v) is 10.4. The van der Waals surface area contributed by atoms with Gasteiger partial charge in [0.25, 0.3) is 5.91 Å². The molecule has 0 saturated carbocycles. The predicted octanol–water partition coefficient (Wildman–Crippen LogP) is 1.08. The van der Waals surface area contributed by atoms with Crippen LogP contribution in [0.2, 0.25) is 0 Å². The fraction of sp³-hybridized carbons (Fsp3) is 0.538. The number of aromatic nitrogens is 1. The van der Waals surface area contributed by atoms with Crippen molar-refractivity contribution in [1.29, 1.82) is 0 Å². The van der Waals surface area contributed by atoms with Crippen LogP contribution in [0, 0.1) is 0 Å². The third kappa shape index (κ3) is 2.64. The van der Waals surface area contributed by atoms with Crippen molar-refractivity contribution in [2.75, 3.05) is 19.6 Å². The minimum atomic E-state index is 0.0656. The Morgan fingerprint density at radius 3 is 3.18 bits per heavy atom. The molecule has 1 aromatic rings. The Hall–Kier alpha value is -1.42. The Morgan fingerprint density at radius 1 is 1.65 bits per heavy atom. The lowest BCUT2D eigenvalue weighted by Gasteiger charge is -2.32. The smallest absolute Gasteiger partial charge is 0.272 e. The summed E-state index contributed by atoms with van der Waals surface area (Å²) in [5.41, 5.74) is 1.65. The molecule has 1 aromatic heterocycles. The molecular weight excluding hydrogens is 214 g/mol. The van der Waals surface area contributed by atoms with Crippen molar-refractivity contribution in [3.63, 3.8) is 0 Å². The van der Waals surface area contributed by atoms with Gasteiger partial charge in [0.15, 0.2) is 0 Å². The number of carbonyl (C=O) groups excluding carboxylic acids is 1. The average molecular weight is 233 g/mol. The average Bonchev–Trinajstić information content (AvgIpc) is 2.38. The molecule has 1 N–H and O–H groups in total. The molecule has 92 valence electrons. The number of nitrogens with one attached hydrogen (secondary N) is 1. The molecule has 0 radical (unpaired) electrons. The molecule has 1 aliphatic rings. The van der Waals surface area contributed by atoms with Gasteiger partial charge in [0, 0.05) is 31.9 Å². The topological polar surface area (TPSA) is 45.2 Å². The summed E-state index contributed by atoms with van der Waals surface area (Å²) in [5, 5.41) is 3.33. The highest BCUT2D eigenvalue weighted by molar-refractivity contribution is 5.93. The van der Waals surface area contributed by atoms with Crippen molar-refractivity contribution in [3.05, 3.63) is 29.6 Å². The Balaban J connectivity index is 2.18. The minimum absolute atomic E-state index is 0.0656. The molecule has 1 amide bonds. The number of rotatable bonds is 2. The molecule has 1 atom stereocenters. The number of pyridine rings is 1. The monoisotopic (exact) mass is 233 g/mol. The van der Waals surface area contributed by atoms with E-state index in [2.05, 4.69) is 17.2 Å². The van der Waals surface area contributed by atoms with E-state index in [1.54, 1.807) is 6.20 Å².